The van der Waals surface area contributed by atoms with Gasteiger partial charge in [-0.25, -0.2) is 8.42 Å². The number of nitrogens with one attached hydrogen (secondary N) is 1. The third-order valence-corrected chi connectivity index (χ3v) is 14.4. The van der Waals surface area contributed by atoms with Crippen LogP contribution in [0.3, 0.4) is 0 Å². The molecule has 2 rings (SSSR count). The van der Waals surface area contributed by atoms with Crippen molar-refractivity contribution in [3.8, 4) is 0 Å². The van der Waals surface area contributed by atoms with Crippen LogP contribution in [0, 0.1) is 5.41 Å². The van der Waals surface area contributed by atoms with Crippen molar-refractivity contribution in [3.63, 3.8) is 0 Å². The molecule has 2 amide bonds. The molecule has 0 aromatic heterocycles. The Bertz CT molecular complexity index is 1400. The van der Waals surface area contributed by atoms with E-state index in [0.29, 0.717) is 23.4 Å². The van der Waals surface area contributed by atoms with Gasteiger partial charge in [0.15, 0.2) is 5.78 Å². The summed E-state index contributed by atoms with van der Waals surface area (Å²) in [5.74, 6) is -1.05. The molecule has 0 saturated heterocycles. The van der Waals surface area contributed by atoms with E-state index in [1.165, 1.54) is 69.9 Å². The van der Waals surface area contributed by atoms with Crippen molar-refractivity contribution in [2.75, 3.05) is 5.32 Å². The van der Waals surface area contributed by atoms with Gasteiger partial charge < -0.3 is 15.6 Å². The first kappa shape index (κ1) is 46.0. The number of hydrogen-bond acceptors (Lipinski definition) is 6. The van der Waals surface area contributed by atoms with Gasteiger partial charge in [-0.1, -0.05) is 136 Å². The summed E-state index contributed by atoms with van der Waals surface area (Å²) in [4.78, 5) is 42.5. The van der Waals surface area contributed by atoms with Gasteiger partial charge >= 0.3 is 51.4 Å². The summed E-state index contributed by atoms with van der Waals surface area (Å²) in [6.45, 7) is 9.30. The quantitative estimate of drug-likeness (QED) is 0.0593. The molecule has 11 heteroatoms. The van der Waals surface area contributed by atoms with Crippen LogP contribution in [-0.2, 0) is 19.7 Å². The van der Waals surface area contributed by atoms with E-state index in [1.807, 2.05) is 6.92 Å². The predicted molar refractivity (Wildman–Crippen MR) is 198 cm³/mol. The number of carbonyl (C=O) groups is 3. The maximum Gasteiger partial charge on any atom is 1.00 e. The Labute approximate surface area is 340 Å². The summed E-state index contributed by atoms with van der Waals surface area (Å²) >= 11 is 0. The van der Waals surface area contributed by atoms with Crippen LogP contribution in [0.15, 0.2) is 64.4 Å². The van der Waals surface area contributed by atoms with Crippen LogP contribution in [0.2, 0.25) is 0 Å². The van der Waals surface area contributed by atoms with Crippen LogP contribution in [0.1, 0.15) is 131 Å². The van der Waals surface area contributed by atoms with Crippen LogP contribution in [0.25, 0.3) is 0 Å². The molecule has 8 nitrogen and oxygen atoms in total. The average Bonchev–Trinajstić information content (AvgIpc) is 3.03. The van der Waals surface area contributed by atoms with Crippen LogP contribution >= 0.6 is 10.0 Å². The van der Waals surface area contributed by atoms with Gasteiger partial charge in [-0.3, -0.25) is 14.4 Å². The number of amides is 2. The maximum atomic E-state index is 14.4. The molecule has 0 saturated carbocycles. The number of nitrogens with two attached hydrogens (primary N) is 1. The Balaban J connectivity index is 0.0000120. The van der Waals surface area contributed by atoms with Gasteiger partial charge in [0.05, 0.1) is 4.90 Å². The molecule has 0 bridgehead atoms. The average molecular weight is 743 g/mol. The monoisotopic (exact) mass is 742 g/mol. The molecule has 0 aliphatic rings. The molecule has 49 heavy (non-hydrogen) atoms. The van der Waals surface area contributed by atoms with Crippen LogP contribution in [0.5, 0.6) is 0 Å². The Kier molecular flexibility index (Phi) is 21.4. The molecule has 270 valence electrons. The van der Waals surface area contributed by atoms with E-state index < -0.39 is 57.9 Å². The molecule has 3 atom stereocenters. The predicted octanol–water partition coefficient (Wildman–Crippen LogP) is 6.72. The third kappa shape index (κ3) is 14.1. The van der Waals surface area contributed by atoms with Crippen molar-refractivity contribution in [2.24, 2.45) is 11.1 Å². The second-order valence-electron chi connectivity index (χ2n) is 13.9. The van der Waals surface area contributed by atoms with E-state index in [4.69, 9.17) is 5.73 Å². The summed E-state index contributed by atoms with van der Waals surface area (Å²) in [6, 6.07) is 13.8. The molecular formula is C38H59KN2O6S2. The van der Waals surface area contributed by atoms with Crippen LogP contribution < -0.4 is 62.4 Å². The minimum Gasteiger partial charge on any atom is -0.744 e. The van der Waals surface area contributed by atoms with E-state index in [0.717, 1.165) is 37.8 Å². The van der Waals surface area contributed by atoms with E-state index in [2.05, 4.69) is 12.2 Å². The maximum absolute atomic E-state index is 14.4. The number of primary amides is 1. The second kappa shape index (κ2) is 22.8. The van der Waals surface area contributed by atoms with E-state index in [-0.39, 0.29) is 51.4 Å². The van der Waals surface area contributed by atoms with Crippen molar-refractivity contribution in [2.45, 2.75) is 151 Å². The Hall–Kier alpha value is -1.05. The fourth-order valence-electron chi connectivity index (χ4n) is 6.37. The summed E-state index contributed by atoms with van der Waals surface area (Å²) < 4.78 is 35.4. The van der Waals surface area contributed by atoms with Crippen molar-refractivity contribution in [1.29, 1.82) is 0 Å². The first-order valence-corrected chi connectivity index (χ1v) is 20.9. The normalized spacial score (nSPS) is 14.9. The summed E-state index contributed by atoms with van der Waals surface area (Å²) in [7, 11) is -7.89. The van der Waals surface area contributed by atoms with E-state index in [9.17, 15) is 27.4 Å². The topological polar surface area (TPSA) is 146 Å². The number of rotatable bonds is 22. The van der Waals surface area contributed by atoms with Crippen molar-refractivity contribution < 1.29 is 78.7 Å². The molecule has 0 aliphatic carbocycles. The number of para-hydroxylation sites is 1. The molecular weight excluding hydrogens is 684 g/mol. The number of Topliss-reactive ketones (excluding diaryl/α,β-unsaturated/α-hetero) is 1. The summed E-state index contributed by atoms with van der Waals surface area (Å²) in [6.07, 6.45) is 16.6. The molecule has 0 aliphatic heterocycles. The third-order valence-electron chi connectivity index (χ3n) is 9.07. The number of unbranched alkanes of at least 4 members (excludes halogenated alkanes) is 12. The van der Waals surface area contributed by atoms with Crippen molar-refractivity contribution in [3.05, 3.63) is 54.6 Å². The van der Waals surface area contributed by atoms with Gasteiger partial charge in [-0.15, -0.1) is 10.0 Å². The molecule has 0 radical (unpaired) electrons. The molecule has 0 spiro atoms. The Morgan fingerprint density at radius 3 is 1.59 bits per heavy atom. The first-order chi connectivity index (χ1) is 22.7. The Morgan fingerprint density at radius 2 is 1.18 bits per heavy atom. The zero-order chi connectivity index (χ0) is 35.8. The fraction of sp³-hybridized carbons (Fsp3) is 0.605. The molecule has 2 aromatic carbocycles. The van der Waals surface area contributed by atoms with Gasteiger partial charge in [-0.05, 0) is 54.1 Å². The number of hydrogen-bond donors (Lipinski definition) is 2. The fourth-order valence-corrected chi connectivity index (χ4v) is 11.4. The number of anilines is 1. The minimum atomic E-state index is -4.77. The van der Waals surface area contributed by atoms with E-state index in [1.54, 1.807) is 51.1 Å². The smallest absolute Gasteiger partial charge is 0.744 e. The zero-order valence-electron chi connectivity index (χ0n) is 30.8. The zero-order valence-corrected chi connectivity index (χ0v) is 35.6. The number of carbonyl (C=O) groups excluding carboxylic acids is 3. The second-order valence-corrected chi connectivity index (χ2v) is 18.7. The van der Waals surface area contributed by atoms with Gasteiger partial charge in [0.2, 0.25) is 5.91 Å². The van der Waals surface area contributed by atoms with Gasteiger partial charge in [0.25, 0.3) is 5.24 Å². The van der Waals surface area contributed by atoms with Gasteiger partial charge in [0.1, 0.15) is 15.4 Å². The molecule has 2 aromatic rings. The van der Waals surface area contributed by atoms with Crippen LogP contribution in [0.4, 0.5) is 10.5 Å². The largest absolute Gasteiger partial charge is 1.00 e. The van der Waals surface area contributed by atoms with Gasteiger partial charge in [-0.2, -0.15) is 0 Å². The summed E-state index contributed by atoms with van der Waals surface area (Å²) in [5.41, 5.74) is 5.82. The van der Waals surface area contributed by atoms with Crippen molar-refractivity contribution in [1.82, 2.24) is 0 Å². The summed E-state index contributed by atoms with van der Waals surface area (Å²) in [5, 5.41) is 0.239. The molecule has 3 unspecified atom stereocenters. The minimum absolute atomic E-state index is 0. The Morgan fingerprint density at radius 1 is 0.735 bits per heavy atom. The van der Waals surface area contributed by atoms with Gasteiger partial charge in [0, 0.05) is 16.4 Å². The molecule has 0 heterocycles. The van der Waals surface area contributed by atoms with Crippen LogP contribution in [-0.4, -0.2) is 40.4 Å². The first-order valence-electron chi connectivity index (χ1n) is 17.8. The number of ketones is 1. The van der Waals surface area contributed by atoms with Crippen molar-refractivity contribution >= 4 is 42.8 Å². The van der Waals surface area contributed by atoms with E-state index >= 15 is 0 Å². The standard InChI is InChI=1S/C38H60N2O6S2.K/c1-6-8-9-10-11-12-13-14-15-16-17-18-22-25-31(7-2)47(37(39)43,32-26-28-33(29-27-32)48(44,45)46)34(35(41)38(3,4)5)36(42)40-30-23-20-19-21-24-30;/h19-21,23-24,26-29,31,34H,6-18,22,25H2,1-5H3,(H2,39,43)(H,40,42)(H,44,45,46);/q;+1/p-1. The molecule has 3 N–H and O–H groups in total. The molecule has 0 fully saturated rings. The number of benzene rings is 2. The SMILES string of the molecule is CCCCCCCCCCCCCCCC(CC)S(C(N)=O)(c1ccc(S(=O)(=O)[O-])cc1)C(C(=O)Nc1ccccc1)C(=O)C(C)(C)C.[K+].